The highest BCUT2D eigenvalue weighted by Gasteiger charge is 2.26. The molecular weight excluding hydrogens is 193 g/mol. The minimum atomic E-state index is -0.327. The van der Waals surface area contributed by atoms with Gasteiger partial charge in [-0.1, -0.05) is 12.8 Å². The molecule has 0 amide bonds. The molecule has 2 rings (SSSR count). The molecule has 1 aromatic carbocycles. The van der Waals surface area contributed by atoms with Crippen LogP contribution in [0.15, 0.2) is 12.1 Å². The van der Waals surface area contributed by atoms with E-state index in [1.54, 1.807) is 6.92 Å². The summed E-state index contributed by atoms with van der Waals surface area (Å²) in [6, 6.07) is 2.42. The van der Waals surface area contributed by atoms with E-state index >= 15 is 0 Å². The number of halogens is 1. The molecule has 0 aliphatic heterocycles. The summed E-state index contributed by atoms with van der Waals surface area (Å²) in [5, 5.41) is 9.78. The maximum Gasteiger partial charge on any atom is 0.124 e. The number of hydrogen-bond donors (Lipinski definition) is 2. The number of benzene rings is 1. The van der Waals surface area contributed by atoms with Crippen LogP contribution in [0.25, 0.3) is 0 Å². The molecular formula is C12H16FNO. The molecule has 0 saturated heterocycles. The smallest absolute Gasteiger partial charge is 0.124 e. The van der Waals surface area contributed by atoms with Crippen LogP contribution in [0, 0.1) is 18.7 Å². The van der Waals surface area contributed by atoms with E-state index < -0.39 is 0 Å². The van der Waals surface area contributed by atoms with Gasteiger partial charge in [-0.25, -0.2) is 4.39 Å². The molecule has 0 heterocycles. The van der Waals surface area contributed by atoms with Gasteiger partial charge in [0.25, 0.3) is 0 Å². The van der Waals surface area contributed by atoms with Crippen LogP contribution in [0.1, 0.15) is 36.4 Å². The van der Waals surface area contributed by atoms with Crippen LogP contribution in [0.4, 0.5) is 4.39 Å². The van der Waals surface area contributed by atoms with E-state index in [1.165, 1.54) is 25.0 Å². The fraction of sp³-hybridized carbons (Fsp3) is 0.500. The first-order valence-corrected chi connectivity index (χ1v) is 5.32. The number of aromatic hydroxyl groups is 1. The molecule has 0 aromatic heterocycles. The summed E-state index contributed by atoms with van der Waals surface area (Å²) in [6.45, 7) is 1.69. The molecule has 3 N–H and O–H groups in total. The third-order valence-corrected chi connectivity index (χ3v) is 2.98. The maximum atomic E-state index is 13.2. The molecule has 2 nitrogen and oxygen atoms in total. The summed E-state index contributed by atoms with van der Waals surface area (Å²) in [5.74, 6) is 0.485. The Balaban J connectivity index is 2.24. The monoisotopic (exact) mass is 209 g/mol. The Kier molecular flexibility index (Phi) is 2.65. The van der Waals surface area contributed by atoms with Gasteiger partial charge >= 0.3 is 0 Å². The van der Waals surface area contributed by atoms with E-state index in [-0.39, 0.29) is 17.6 Å². The molecule has 82 valence electrons. The molecule has 15 heavy (non-hydrogen) atoms. The lowest BCUT2D eigenvalue weighted by Gasteiger charge is -2.14. The average Bonchev–Trinajstić information content (AvgIpc) is 2.94. The lowest BCUT2D eigenvalue weighted by atomic mass is 9.99. The summed E-state index contributed by atoms with van der Waals surface area (Å²) in [6.07, 6.45) is 3.27. The zero-order valence-corrected chi connectivity index (χ0v) is 8.83. The van der Waals surface area contributed by atoms with Crippen molar-refractivity contribution >= 4 is 0 Å². The molecule has 1 aromatic rings. The minimum Gasteiger partial charge on any atom is -0.507 e. The minimum absolute atomic E-state index is 0.143. The molecule has 3 heteroatoms. The van der Waals surface area contributed by atoms with Gasteiger partial charge in [-0.05, 0) is 37.0 Å². The predicted molar refractivity (Wildman–Crippen MR) is 57.1 cm³/mol. The van der Waals surface area contributed by atoms with E-state index in [0.717, 1.165) is 6.42 Å². The number of hydrogen-bond acceptors (Lipinski definition) is 2. The third kappa shape index (κ3) is 2.29. The van der Waals surface area contributed by atoms with Crippen LogP contribution in [0.2, 0.25) is 0 Å². The van der Waals surface area contributed by atoms with Gasteiger partial charge < -0.3 is 10.8 Å². The molecule has 1 fully saturated rings. The molecule has 0 radical (unpaired) electrons. The van der Waals surface area contributed by atoms with E-state index in [9.17, 15) is 9.50 Å². The van der Waals surface area contributed by atoms with Crippen molar-refractivity contribution in [3.63, 3.8) is 0 Å². The Morgan fingerprint density at radius 3 is 2.80 bits per heavy atom. The molecule has 1 atom stereocenters. The summed E-state index contributed by atoms with van der Waals surface area (Å²) < 4.78 is 13.2. The summed E-state index contributed by atoms with van der Waals surface area (Å²) >= 11 is 0. The Labute approximate surface area is 88.9 Å². The zero-order valence-electron chi connectivity index (χ0n) is 8.83. The number of phenols is 1. The second-order valence-electron chi connectivity index (χ2n) is 4.45. The van der Waals surface area contributed by atoms with Crippen molar-refractivity contribution in [1.29, 1.82) is 0 Å². The van der Waals surface area contributed by atoms with Gasteiger partial charge in [0.05, 0.1) is 0 Å². The van der Waals surface area contributed by atoms with Crippen LogP contribution in [-0.4, -0.2) is 5.11 Å². The van der Waals surface area contributed by atoms with Gasteiger partial charge in [0.15, 0.2) is 0 Å². The van der Waals surface area contributed by atoms with Crippen LogP contribution in [0.5, 0.6) is 5.75 Å². The molecule has 1 aliphatic carbocycles. The quantitative estimate of drug-likeness (QED) is 0.803. The molecule has 0 spiro atoms. The Hall–Kier alpha value is -1.09. The first-order valence-electron chi connectivity index (χ1n) is 5.32. The maximum absolute atomic E-state index is 13.2. The van der Waals surface area contributed by atoms with E-state index in [0.29, 0.717) is 17.0 Å². The highest BCUT2D eigenvalue weighted by molar-refractivity contribution is 5.41. The zero-order chi connectivity index (χ0) is 11.0. The van der Waals surface area contributed by atoms with Gasteiger partial charge in [0, 0.05) is 11.6 Å². The van der Waals surface area contributed by atoms with Crippen LogP contribution in [-0.2, 0) is 0 Å². The van der Waals surface area contributed by atoms with E-state index in [2.05, 4.69) is 0 Å². The highest BCUT2D eigenvalue weighted by atomic mass is 19.1. The van der Waals surface area contributed by atoms with Crippen molar-refractivity contribution in [2.24, 2.45) is 11.7 Å². The van der Waals surface area contributed by atoms with Crippen LogP contribution < -0.4 is 5.73 Å². The summed E-state index contributed by atoms with van der Waals surface area (Å²) in [5.41, 5.74) is 7.04. The summed E-state index contributed by atoms with van der Waals surface area (Å²) in [4.78, 5) is 0. The number of aryl methyl sites for hydroxylation is 1. The second kappa shape index (κ2) is 3.81. The Bertz CT molecular complexity index is 374. The number of rotatable bonds is 3. The van der Waals surface area contributed by atoms with Gasteiger partial charge in [-0.2, -0.15) is 0 Å². The van der Waals surface area contributed by atoms with Crippen molar-refractivity contribution in [3.05, 3.63) is 29.1 Å². The average molecular weight is 209 g/mol. The van der Waals surface area contributed by atoms with E-state index in [4.69, 9.17) is 5.73 Å². The SMILES string of the molecule is Cc1cc(F)cc([C@H](N)CC2CC2)c1O. The molecule has 0 bridgehead atoms. The van der Waals surface area contributed by atoms with Crippen LogP contribution >= 0.6 is 0 Å². The first-order chi connectivity index (χ1) is 7.08. The fourth-order valence-corrected chi connectivity index (χ4v) is 1.88. The second-order valence-corrected chi connectivity index (χ2v) is 4.45. The highest BCUT2D eigenvalue weighted by Crippen LogP contribution is 2.39. The van der Waals surface area contributed by atoms with Gasteiger partial charge in [0.1, 0.15) is 11.6 Å². The summed E-state index contributed by atoms with van der Waals surface area (Å²) in [7, 11) is 0. The molecule has 1 saturated carbocycles. The normalized spacial score (nSPS) is 17.8. The lowest BCUT2D eigenvalue weighted by Crippen LogP contribution is -2.12. The van der Waals surface area contributed by atoms with Crippen molar-refractivity contribution in [2.45, 2.75) is 32.2 Å². The van der Waals surface area contributed by atoms with E-state index in [1.807, 2.05) is 0 Å². The number of nitrogens with two attached hydrogens (primary N) is 1. The van der Waals surface area contributed by atoms with Crippen molar-refractivity contribution < 1.29 is 9.50 Å². The number of phenolic OH excluding ortho intramolecular Hbond substituents is 1. The first kappa shape index (κ1) is 10.4. The van der Waals surface area contributed by atoms with Crippen molar-refractivity contribution in [2.75, 3.05) is 0 Å². The topological polar surface area (TPSA) is 46.2 Å². The van der Waals surface area contributed by atoms with Gasteiger partial charge in [-0.3, -0.25) is 0 Å². The lowest BCUT2D eigenvalue weighted by molar-refractivity contribution is 0.448. The Morgan fingerprint density at radius 1 is 1.53 bits per heavy atom. The van der Waals surface area contributed by atoms with Crippen molar-refractivity contribution in [1.82, 2.24) is 0 Å². The Morgan fingerprint density at radius 2 is 2.20 bits per heavy atom. The third-order valence-electron chi connectivity index (χ3n) is 2.98. The van der Waals surface area contributed by atoms with Gasteiger partial charge in [-0.15, -0.1) is 0 Å². The van der Waals surface area contributed by atoms with Crippen molar-refractivity contribution in [3.8, 4) is 5.75 Å². The molecule has 1 aliphatic rings. The van der Waals surface area contributed by atoms with Gasteiger partial charge in [0.2, 0.25) is 0 Å². The van der Waals surface area contributed by atoms with Crippen LogP contribution in [0.3, 0.4) is 0 Å². The largest absolute Gasteiger partial charge is 0.507 e. The molecule has 0 unspecified atom stereocenters. The fourth-order valence-electron chi connectivity index (χ4n) is 1.88. The predicted octanol–water partition coefficient (Wildman–Crippen LogP) is 2.64. The standard InChI is InChI=1S/C12H16FNO/c1-7-4-9(13)6-10(12(7)15)11(14)5-8-2-3-8/h4,6,8,11,15H,2-3,5,14H2,1H3/t11-/m1/s1.